The lowest BCUT2D eigenvalue weighted by Crippen LogP contribution is -2.22. The summed E-state index contributed by atoms with van der Waals surface area (Å²) >= 11 is 1.47. The van der Waals surface area contributed by atoms with Crippen molar-refractivity contribution in [2.24, 2.45) is 0 Å². The molecule has 0 amide bonds. The van der Waals surface area contributed by atoms with Gasteiger partial charge in [-0.05, 0) is 35.2 Å². The molecule has 0 bridgehead atoms. The topological polar surface area (TPSA) is 83.5 Å². The second-order valence-corrected chi connectivity index (χ2v) is 6.95. The van der Waals surface area contributed by atoms with Gasteiger partial charge in [0.15, 0.2) is 0 Å². The molecule has 7 heteroatoms. The van der Waals surface area contributed by atoms with Crippen molar-refractivity contribution >= 4 is 33.4 Å². The maximum atomic E-state index is 12.2. The van der Waals surface area contributed by atoms with E-state index < -0.39 is 16.0 Å². The molecule has 0 fully saturated rings. The molecule has 0 spiro atoms. The summed E-state index contributed by atoms with van der Waals surface area (Å²) < 4.78 is 26.9. The number of benzene rings is 1. The molecule has 0 saturated carbocycles. The summed E-state index contributed by atoms with van der Waals surface area (Å²) in [5.41, 5.74) is 0.511. The molecule has 0 atom stereocenters. The van der Waals surface area contributed by atoms with Gasteiger partial charge in [-0.15, -0.1) is 11.3 Å². The van der Waals surface area contributed by atoms with Crippen LogP contribution in [-0.2, 0) is 21.4 Å². The fraction of sp³-hybridized carbons (Fsp3) is 0.0714. The van der Waals surface area contributed by atoms with Crippen molar-refractivity contribution in [3.8, 4) is 0 Å². The Morgan fingerprint density at radius 3 is 2.76 bits per heavy atom. The van der Waals surface area contributed by atoms with Crippen LogP contribution in [0.1, 0.15) is 10.4 Å². The fourth-order valence-corrected chi connectivity index (χ4v) is 3.41. The van der Waals surface area contributed by atoms with Crippen LogP contribution < -0.4 is 4.72 Å². The number of thiophene rings is 1. The molecule has 0 aliphatic heterocycles. The van der Waals surface area contributed by atoms with Gasteiger partial charge in [-0.3, -0.25) is 0 Å². The number of hydrogen-bond acceptors (Lipinski definition) is 4. The first-order chi connectivity index (χ1) is 9.97. The van der Waals surface area contributed by atoms with Gasteiger partial charge in [0, 0.05) is 17.5 Å². The van der Waals surface area contributed by atoms with Crippen LogP contribution in [0.25, 0.3) is 6.08 Å². The third-order valence-electron chi connectivity index (χ3n) is 2.60. The molecule has 0 unspecified atom stereocenters. The van der Waals surface area contributed by atoms with Crippen molar-refractivity contribution in [1.82, 2.24) is 4.72 Å². The molecule has 5 nitrogen and oxygen atoms in total. The van der Waals surface area contributed by atoms with E-state index in [2.05, 4.69) is 4.72 Å². The minimum atomic E-state index is -3.62. The van der Waals surface area contributed by atoms with Gasteiger partial charge >= 0.3 is 5.97 Å². The van der Waals surface area contributed by atoms with Crippen molar-refractivity contribution in [2.75, 3.05) is 0 Å². The maximum absolute atomic E-state index is 12.2. The van der Waals surface area contributed by atoms with E-state index >= 15 is 0 Å². The van der Waals surface area contributed by atoms with E-state index in [1.807, 2.05) is 17.5 Å². The Morgan fingerprint density at radius 1 is 1.29 bits per heavy atom. The SMILES string of the molecule is O=C(O)C=Cc1cccc(S(=O)(=O)NCc2cccs2)c1. The second-order valence-electron chi connectivity index (χ2n) is 4.15. The molecule has 0 aliphatic carbocycles. The lowest BCUT2D eigenvalue weighted by Gasteiger charge is -2.06. The maximum Gasteiger partial charge on any atom is 0.328 e. The van der Waals surface area contributed by atoms with Crippen molar-refractivity contribution in [3.05, 3.63) is 58.3 Å². The average molecular weight is 323 g/mol. The Bertz CT molecular complexity index is 749. The summed E-state index contributed by atoms with van der Waals surface area (Å²) in [7, 11) is -3.62. The monoisotopic (exact) mass is 323 g/mol. The van der Waals surface area contributed by atoms with Gasteiger partial charge in [0.2, 0.25) is 10.0 Å². The van der Waals surface area contributed by atoms with Gasteiger partial charge in [-0.25, -0.2) is 17.9 Å². The number of carboxylic acid groups (broad SMARTS) is 1. The number of rotatable bonds is 6. The van der Waals surface area contributed by atoms with Gasteiger partial charge in [0.25, 0.3) is 0 Å². The molecule has 1 heterocycles. The van der Waals surface area contributed by atoms with E-state index in [-0.39, 0.29) is 11.4 Å². The Balaban J connectivity index is 2.16. The van der Waals surface area contributed by atoms with Crippen LogP contribution in [0.2, 0.25) is 0 Å². The number of carboxylic acids is 1. The van der Waals surface area contributed by atoms with E-state index in [0.29, 0.717) is 5.56 Å². The smallest absolute Gasteiger partial charge is 0.328 e. The Hall–Kier alpha value is -1.96. The van der Waals surface area contributed by atoms with Crippen molar-refractivity contribution < 1.29 is 18.3 Å². The Labute approximate surface area is 126 Å². The van der Waals surface area contributed by atoms with Crippen molar-refractivity contribution in [1.29, 1.82) is 0 Å². The van der Waals surface area contributed by atoms with E-state index in [0.717, 1.165) is 11.0 Å². The molecule has 2 aromatic rings. The minimum absolute atomic E-state index is 0.103. The van der Waals surface area contributed by atoms with Gasteiger partial charge in [0.1, 0.15) is 0 Å². The number of nitrogens with one attached hydrogen (secondary N) is 1. The zero-order valence-corrected chi connectivity index (χ0v) is 12.5. The molecular formula is C14H13NO4S2. The molecule has 1 aromatic heterocycles. The normalized spacial score (nSPS) is 11.8. The molecule has 2 N–H and O–H groups in total. The van der Waals surface area contributed by atoms with Crippen molar-refractivity contribution in [3.63, 3.8) is 0 Å². The van der Waals surface area contributed by atoms with E-state index in [1.54, 1.807) is 12.1 Å². The van der Waals surface area contributed by atoms with Gasteiger partial charge in [0.05, 0.1) is 4.90 Å². The quantitative estimate of drug-likeness (QED) is 0.799. The van der Waals surface area contributed by atoms with Gasteiger partial charge < -0.3 is 5.11 Å². The lowest BCUT2D eigenvalue weighted by atomic mass is 10.2. The second kappa shape index (κ2) is 6.66. The first kappa shape index (κ1) is 15.4. The predicted molar refractivity (Wildman–Crippen MR) is 81.5 cm³/mol. The van der Waals surface area contributed by atoms with Crippen LogP contribution in [0, 0.1) is 0 Å². The largest absolute Gasteiger partial charge is 0.478 e. The summed E-state index contributed by atoms with van der Waals surface area (Å²) in [5.74, 6) is -1.08. The third kappa shape index (κ3) is 4.52. The van der Waals surface area contributed by atoms with Crippen LogP contribution in [-0.4, -0.2) is 19.5 Å². The number of aliphatic carboxylic acids is 1. The number of carbonyl (C=O) groups is 1. The molecule has 110 valence electrons. The standard InChI is InChI=1S/C14H13NO4S2/c16-14(17)7-6-11-3-1-5-13(9-11)21(18,19)15-10-12-4-2-8-20-12/h1-9,15H,10H2,(H,16,17). The van der Waals surface area contributed by atoms with Crippen LogP contribution in [0.15, 0.2) is 52.7 Å². The van der Waals surface area contributed by atoms with E-state index in [4.69, 9.17) is 5.11 Å². The first-order valence-corrected chi connectivity index (χ1v) is 8.37. The molecule has 1 aromatic carbocycles. The van der Waals surface area contributed by atoms with Gasteiger partial charge in [-0.2, -0.15) is 0 Å². The van der Waals surface area contributed by atoms with E-state index in [9.17, 15) is 13.2 Å². The summed E-state index contributed by atoms with van der Waals surface area (Å²) in [6.07, 6.45) is 2.31. The fourth-order valence-electron chi connectivity index (χ4n) is 1.62. The van der Waals surface area contributed by atoms with Crippen molar-refractivity contribution in [2.45, 2.75) is 11.4 Å². The average Bonchev–Trinajstić information content (AvgIpc) is 2.97. The highest BCUT2D eigenvalue weighted by Gasteiger charge is 2.13. The molecule has 21 heavy (non-hydrogen) atoms. The highest BCUT2D eigenvalue weighted by molar-refractivity contribution is 7.89. The lowest BCUT2D eigenvalue weighted by molar-refractivity contribution is -0.131. The summed E-state index contributed by atoms with van der Waals surface area (Å²) in [5, 5.41) is 10.5. The predicted octanol–water partition coefficient (Wildman–Crippen LogP) is 2.32. The third-order valence-corrected chi connectivity index (χ3v) is 4.88. The molecule has 0 aliphatic rings. The zero-order chi connectivity index (χ0) is 15.3. The molecule has 2 rings (SSSR count). The molecular weight excluding hydrogens is 310 g/mol. The van der Waals surface area contributed by atoms with Crippen LogP contribution in [0.3, 0.4) is 0 Å². The molecule has 0 radical (unpaired) electrons. The molecule has 0 saturated heterocycles. The highest BCUT2D eigenvalue weighted by atomic mass is 32.2. The minimum Gasteiger partial charge on any atom is -0.478 e. The number of sulfonamides is 1. The highest BCUT2D eigenvalue weighted by Crippen LogP contribution is 2.14. The summed E-state index contributed by atoms with van der Waals surface area (Å²) in [4.78, 5) is 11.5. The van der Waals surface area contributed by atoms with Crippen LogP contribution in [0.4, 0.5) is 0 Å². The van der Waals surface area contributed by atoms with Crippen LogP contribution in [0.5, 0.6) is 0 Å². The summed E-state index contributed by atoms with van der Waals surface area (Å²) in [6.45, 7) is 0.231. The Kier molecular flexibility index (Phi) is 4.89. The summed E-state index contributed by atoms with van der Waals surface area (Å²) in [6, 6.07) is 9.80. The van der Waals surface area contributed by atoms with Crippen LogP contribution >= 0.6 is 11.3 Å². The van der Waals surface area contributed by atoms with E-state index in [1.165, 1.54) is 29.5 Å². The number of hydrogen-bond donors (Lipinski definition) is 2. The zero-order valence-electron chi connectivity index (χ0n) is 10.9. The van der Waals surface area contributed by atoms with Gasteiger partial charge in [-0.1, -0.05) is 18.2 Å². The first-order valence-electron chi connectivity index (χ1n) is 6.00. The Morgan fingerprint density at radius 2 is 2.10 bits per heavy atom.